The number of nitrogens with zero attached hydrogens (tertiary/aromatic N) is 2. The van der Waals surface area contributed by atoms with Crippen LogP contribution in [-0.2, 0) is 4.79 Å². The third-order valence-corrected chi connectivity index (χ3v) is 1.20. The van der Waals surface area contributed by atoms with E-state index in [4.69, 9.17) is 16.6 Å². The van der Waals surface area contributed by atoms with E-state index in [9.17, 15) is 4.79 Å². The molecule has 0 saturated heterocycles. The van der Waals surface area contributed by atoms with Crippen molar-refractivity contribution in [3.63, 3.8) is 0 Å². The molecule has 0 aromatic rings. The van der Waals surface area contributed by atoms with Crippen molar-refractivity contribution < 1.29 is 14.4 Å². The molecular weight excluding hydrogens is 160 g/mol. The second-order valence-electron chi connectivity index (χ2n) is 3.21. The highest BCUT2D eigenvalue weighted by Gasteiger charge is 2.18. The van der Waals surface area contributed by atoms with Gasteiger partial charge >= 0.3 is 5.97 Å². The second-order valence-corrected chi connectivity index (χ2v) is 3.21. The Kier molecular flexibility index (Phi) is 3.49. The van der Waals surface area contributed by atoms with Crippen molar-refractivity contribution in [3.05, 3.63) is 0 Å². The molecule has 0 aliphatic carbocycles. The molecule has 70 valence electrons. The van der Waals surface area contributed by atoms with Gasteiger partial charge in [0.2, 0.25) is 0 Å². The molecule has 12 heavy (non-hydrogen) atoms. The number of guanidine groups is 1. The minimum absolute atomic E-state index is 0.00319. The Bertz CT molecular complexity index is 196. The molecule has 6 heteroatoms. The molecule has 0 atom stereocenters. The largest absolute Gasteiger partial charge is 0.477 e. The summed E-state index contributed by atoms with van der Waals surface area (Å²) in [4.78, 5) is 14.1. The molecular formula is C6H15N4O2+. The first-order valence-electron chi connectivity index (χ1n) is 3.43. The van der Waals surface area contributed by atoms with Gasteiger partial charge in [-0.3, -0.25) is 0 Å². The molecule has 0 heterocycles. The summed E-state index contributed by atoms with van der Waals surface area (Å²) in [5, 5.41) is 8.49. The van der Waals surface area contributed by atoms with Crippen LogP contribution in [0.15, 0.2) is 4.99 Å². The molecule has 0 saturated carbocycles. The number of hydrogen-bond donors (Lipinski definition) is 3. The first-order valence-corrected chi connectivity index (χ1v) is 3.43. The molecule has 0 rings (SSSR count). The van der Waals surface area contributed by atoms with Gasteiger partial charge in [-0.05, 0) is 0 Å². The average Bonchev–Trinajstić information content (AvgIpc) is 1.81. The Hall–Kier alpha value is -1.30. The number of quaternary nitrogens is 1. The Morgan fingerprint density at radius 3 is 2.33 bits per heavy atom. The Balaban J connectivity index is 4.04. The van der Waals surface area contributed by atoms with Crippen LogP contribution in [0, 0.1) is 0 Å². The Morgan fingerprint density at radius 1 is 1.50 bits per heavy atom. The van der Waals surface area contributed by atoms with Crippen molar-refractivity contribution in [2.45, 2.75) is 0 Å². The molecule has 0 fully saturated rings. The summed E-state index contributed by atoms with van der Waals surface area (Å²) in [5.41, 5.74) is 10.2. The number of carbonyl (C=O) groups is 1. The maximum atomic E-state index is 10.3. The van der Waals surface area contributed by atoms with Gasteiger partial charge in [0.1, 0.15) is 0 Å². The summed E-state index contributed by atoms with van der Waals surface area (Å²) in [7, 11) is 3.47. The van der Waals surface area contributed by atoms with Gasteiger partial charge in [0.25, 0.3) is 0 Å². The van der Waals surface area contributed by atoms with Crippen molar-refractivity contribution >= 4 is 11.9 Å². The molecule has 0 unspecified atom stereocenters. The highest BCUT2D eigenvalue weighted by Crippen LogP contribution is 1.95. The van der Waals surface area contributed by atoms with Crippen LogP contribution >= 0.6 is 0 Å². The third-order valence-electron chi connectivity index (χ3n) is 1.20. The first-order chi connectivity index (χ1) is 5.33. The summed E-state index contributed by atoms with van der Waals surface area (Å²) in [6.07, 6.45) is 0. The number of hydrogen-bond acceptors (Lipinski definition) is 2. The molecule has 5 N–H and O–H groups in total. The van der Waals surface area contributed by atoms with Gasteiger partial charge in [0.15, 0.2) is 19.2 Å². The van der Waals surface area contributed by atoms with E-state index in [-0.39, 0.29) is 23.7 Å². The van der Waals surface area contributed by atoms with Gasteiger partial charge in [-0.15, -0.1) is 0 Å². The number of nitrogens with two attached hydrogens (primary N) is 2. The summed E-state index contributed by atoms with van der Waals surface area (Å²) in [6.45, 7) is 0.269. The highest BCUT2D eigenvalue weighted by atomic mass is 16.4. The van der Waals surface area contributed by atoms with E-state index >= 15 is 0 Å². The SMILES string of the molecule is C[N+](C)(CN=C(N)N)CC(=O)O. The Labute approximate surface area is 71.1 Å². The fourth-order valence-electron chi connectivity index (χ4n) is 0.689. The third kappa shape index (κ3) is 5.48. The van der Waals surface area contributed by atoms with E-state index in [2.05, 4.69) is 4.99 Å². The summed E-state index contributed by atoms with van der Waals surface area (Å²) >= 11 is 0. The van der Waals surface area contributed by atoms with Crippen LogP contribution in [-0.4, -0.2) is 48.8 Å². The average molecular weight is 175 g/mol. The zero-order valence-corrected chi connectivity index (χ0v) is 7.32. The Morgan fingerprint density at radius 2 is 2.00 bits per heavy atom. The van der Waals surface area contributed by atoms with Crippen LogP contribution in [0.4, 0.5) is 0 Å². The molecule has 0 bridgehead atoms. The van der Waals surface area contributed by atoms with Crippen LogP contribution in [0.2, 0.25) is 0 Å². The molecule has 0 aliphatic heterocycles. The number of aliphatic carboxylic acids is 1. The smallest absolute Gasteiger partial charge is 0.359 e. The minimum atomic E-state index is -0.870. The van der Waals surface area contributed by atoms with Crippen molar-refractivity contribution in [1.29, 1.82) is 0 Å². The maximum Gasteiger partial charge on any atom is 0.359 e. The molecule has 6 nitrogen and oxygen atoms in total. The summed E-state index contributed by atoms with van der Waals surface area (Å²) in [5.74, 6) is -0.891. The summed E-state index contributed by atoms with van der Waals surface area (Å²) < 4.78 is 0.229. The number of rotatable bonds is 4. The number of likely N-dealkylation sites (N-methyl/N-ethyl adjacent to an activating group) is 1. The van der Waals surface area contributed by atoms with Crippen LogP contribution in [0.1, 0.15) is 0 Å². The quantitative estimate of drug-likeness (QED) is 0.271. The second kappa shape index (κ2) is 3.91. The van der Waals surface area contributed by atoms with Crippen LogP contribution in [0.25, 0.3) is 0 Å². The van der Waals surface area contributed by atoms with E-state index in [1.165, 1.54) is 0 Å². The van der Waals surface area contributed by atoms with E-state index in [1.807, 2.05) is 0 Å². The fourth-order valence-corrected chi connectivity index (χ4v) is 0.689. The lowest BCUT2D eigenvalue weighted by molar-refractivity contribution is -0.882. The zero-order valence-electron chi connectivity index (χ0n) is 7.32. The van der Waals surface area contributed by atoms with Gasteiger partial charge in [-0.1, -0.05) is 0 Å². The first kappa shape index (κ1) is 10.7. The highest BCUT2D eigenvalue weighted by molar-refractivity contribution is 5.75. The lowest BCUT2D eigenvalue weighted by Gasteiger charge is -2.25. The lowest BCUT2D eigenvalue weighted by Crippen LogP contribution is -2.44. The van der Waals surface area contributed by atoms with Gasteiger partial charge in [-0.25, -0.2) is 4.79 Å². The normalized spacial score (nSPS) is 10.8. The van der Waals surface area contributed by atoms with Crippen LogP contribution in [0.3, 0.4) is 0 Å². The molecule has 0 aromatic carbocycles. The standard InChI is InChI=1S/C6H14N4O2/c1-10(2,3-5(11)12)4-9-6(7)8/h3-4H2,1-2H3,(H4-,7,8,9,11,12)/p+1. The van der Waals surface area contributed by atoms with E-state index in [1.54, 1.807) is 14.1 Å². The van der Waals surface area contributed by atoms with Gasteiger partial charge in [-0.2, -0.15) is 4.99 Å². The predicted octanol–water partition coefficient (Wildman–Crippen LogP) is -1.62. The molecule has 0 aromatic heterocycles. The monoisotopic (exact) mass is 175 g/mol. The van der Waals surface area contributed by atoms with Gasteiger partial charge in [0, 0.05) is 0 Å². The lowest BCUT2D eigenvalue weighted by atomic mass is 10.5. The topological polar surface area (TPSA) is 102 Å². The molecule has 0 radical (unpaired) electrons. The number of carboxylic acid groups (broad SMARTS) is 1. The number of aliphatic imine (C=N–C) groups is 1. The van der Waals surface area contributed by atoms with E-state index in [0.717, 1.165) is 0 Å². The molecule has 0 aliphatic rings. The number of carboxylic acids is 1. The minimum Gasteiger partial charge on any atom is -0.477 e. The van der Waals surface area contributed by atoms with Crippen molar-refractivity contribution in [3.8, 4) is 0 Å². The summed E-state index contributed by atoms with van der Waals surface area (Å²) in [6, 6.07) is 0. The van der Waals surface area contributed by atoms with E-state index in [0.29, 0.717) is 0 Å². The van der Waals surface area contributed by atoms with Crippen LogP contribution in [0.5, 0.6) is 0 Å². The molecule has 0 amide bonds. The molecule has 0 spiro atoms. The van der Waals surface area contributed by atoms with Crippen molar-refractivity contribution in [2.75, 3.05) is 27.3 Å². The zero-order chi connectivity index (χ0) is 9.78. The van der Waals surface area contributed by atoms with Crippen molar-refractivity contribution in [1.82, 2.24) is 0 Å². The van der Waals surface area contributed by atoms with Crippen LogP contribution < -0.4 is 11.5 Å². The van der Waals surface area contributed by atoms with Gasteiger partial charge in [0.05, 0.1) is 14.1 Å². The maximum absolute atomic E-state index is 10.3. The van der Waals surface area contributed by atoms with Crippen molar-refractivity contribution in [2.24, 2.45) is 16.5 Å². The fraction of sp³-hybridized carbons (Fsp3) is 0.667. The predicted molar refractivity (Wildman–Crippen MR) is 45.3 cm³/mol. The van der Waals surface area contributed by atoms with E-state index < -0.39 is 5.97 Å². The van der Waals surface area contributed by atoms with Gasteiger partial charge < -0.3 is 21.1 Å².